The lowest BCUT2D eigenvalue weighted by molar-refractivity contribution is -0.142. The van der Waals surface area contributed by atoms with Gasteiger partial charge in [-0.05, 0) is 30.6 Å². The van der Waals surface area contributed by atoms with Gasteiger partial charge in [0.25, 0.3) is 0 Å². The fraction of sp³-hybridized carbons (Fsp3) is 0.929. The Morgan fingerprint density at radius 2 is 1.76 bits per heavy atom. The van der Waals surface area contributed by atoms with Crippen LogP contribution in [0.5, 0.6) is 0 Å². The standard InChI is InChI=1S/C14H24N2O/c1-9(2)14(15)7-16(8-14)13(17)12-10-5-3-4-6-11(10)12/h9-12H,3-8,15H2,1-2H3. The minimum absolute atomic E-state index is 0.115. The van der Waals surface area contributed by atoms with E-state index in [0.717, 1.165) is 24.9 Å². The zero-order valence-corrected chi connectivity index (χ0v) is 11.0. The largest absolute Gasteiger partial charge is 0.339 e. The average molecular weight is 236 g/mol. The topological polar surface area (TPSA) is 46.3 Å². The van der Waals surface area contributed by atoms with Crippen molar-refractivity contribution < 1.29 is 4.79 Å². The molecular weight excluding hydrogens is 212 g/mol. The minimum atomic E-state index is -0.115. The summed E-state index contributed by atoms with van der Waals surface area (Å²) in [5, 5.41) is 0. The van der Waals surface area contributed by atoms with Crippen molar-refractivity contribution in [3.63, 3.8) is 0 Å². The van der Waals surface area contributed by atoms with Crippen LogP contribution >= 0.6 is 0 Å². The average Bonchev–Trinajstić information content (AvgIpc) is 2.97. The van der Waals surface area contributed by atoms with Crippen molar-refractivity contribution in [2.45, 2.75) is 45.1 Å². The summed E-state index contributed by atoms with van der Waals surface area (Å²) in [7, 11) is 0. The molecule has 3 rings (SSSR count). The summed E-state index contributed by atoms with van der Waals surface area (Å²) in [6.07, 6.45) is 5.23. The maximum atomic E-state index is 12.3. The number of fused-ring (bicyclic) bond motifs is 1. The van der Waals surface area contributed by atoms with Gasteiger partial charge in [-0.2, -0.15) is 0 Å². The van der Waals surface area contributed by atoms with E-state index in [-0.39, 0.29) is 5.54 Å². The highest BCUT2D eigenvalue weighted by atomic mass is 16.2. The molecule has 0 spiro atoms. The first-order chi connectivity index (χ1) is 8.03. The number of nitrogens with zero attached hydrogens (tertiary/aromatic N) is 1. The van der Waals surface area contributed by atoms with Crippen LogP contribution in [-0.4, -0.2) is 29.4 Å². The molecule has 3 heteroatoms. The number of carbonyl (C=O) groups is 1. The first-order valence-corrected chi connectivity index (χ1v) is 7.10. The highest BCUT2D eigenvalue weighted by Crippen LogP contribution is 2.56. The Morgan fingerprint density at radius 1 is 1.24 bits per heavy atom. The third-order valence-corrected chi connectivity index (χ3v) is 5.37. The van der Waals surface area contributed by atoms with Gasteiger partial charge < -0.3 is 10.6 Å². The molecule has 3 aliphatic rings. The summed E-state index contributed by atoms with van der Waals surface area (Å²) in [6.45, 7) is 5.86. The van der Waals surface area contributed by atoms with Crippen molar-refractivity contribution in [1.82, 2.24) is 4.90 Å². The molecule has 1 saturated heterocycles. The third-order valence-electron chi connectivity index (χ3n) is 5.37. The Hall–Kier alpha value is -0.570. The molecule has 0 aromatic carbocycles. The van der Waals surface area contributed by atoms with Crippen molar-refractivity contribution >= 4 is 5.91 Å². The molecule has 2 atom stereocenters. The van der Waals surface area contributed by atoms with Gasteiger partial charge in [0.1, 0.15) is 0 Å². The van der Waals surface area contributed by atoms with E-state index in [0.29, 0.717) is 17.7 Å². The van der Waals surface area contributed by atoms with Crippen molar-refractivity contribution in [2.24, 2.45) is 29.4 Å². The Labute approximate surface area is 104 Å². The maximum absolute atomic E-state index is 12.3. The predicted octanol–water partition coefficient (Wildman–Crippen LogP) is 1.62. The Morgan fingerprint density at radius 3 is 2.24 bits per heavy atom. The fourth-order valence-electron chi connectivity index (χ4n) is 3.75. The van der Waals surface area contributed by atoms with Crippen molar-refractivity contribution in [2.75, 3.05) is 13.1 Å². The van der Waals surface area contributed by atoms with E-state index in [2.05, 4.69) is 13.8 Å². The molecule has 1 aliphatic heterocycles. The van der Waals surface area contributed by atoms with Crippen LogP contribution in [-0.2, 0) is 4.79 Å². The minimum Gasteiger partial charge on any atom is -0.339 e. The number of likely N-dealkylation sites (tertiary alicyclic amines) is 1. The highest BCUT2D eigenvalue weighted by molar-refractivity contribution is 5.83. The molecule has 0 aromatic heterocycles. The van der Waals surface area contributed by atoms with Crippen molar-refractivity contribution in [3.8, 4) is 0 Å². The molecule has 3 nitrogen and oxygen atoms in total. The van der Waals surface area contributed by atoms with Gasteiger partial charge in [0, 0.05) is 19.0 Å². The second-order valence-corrected chi connectivity index (χ2v) is 6.72. The Balaban J connectivity index is 1.56. The summed E-state index contributed by atoms with van der Waals surface area (Å²) in [5.74, 6) is 2.69. The van der Waals surface area contributed by atoms with E-state index in [1.807, 2.05) is 4.90 Å². The predicted molar refractivity (Wildman–Crippen MR) is 67.3 cm³/mol. The number of hydrogen-bond donors (Lipinski definition) is 1. The maximum Gasteiger partial charge on any atom is 0.226 e. The lowest BCUT2D eigenvalue weighted by Crippen LogP contribution is -2.71. The molecule has 0 aromatic rings. The van der Waals surface area contributed by atoms with Crippen LogP contribution < -0.4 is 5.73 Å². The van der Waals surface area contributed by atoms with E-state index in [4.69, 9.17) is 5.73 Å². The molecule has 2 aliphatic carbocycles. The van der Waals surface area contributed by atoms with Gasteiger partial charge in [-0.15, -0.1) is 0 Å². The summed E-state index contributed by atoms with van der Waals surface area (Å²) < 4.78 is 0. The molecule has 1 amide bonds. The summed E-state index contributed by atoms with van der Waals surface area (Å²) >= 11 is 0. The molecule has 1 heterocycles. The molecular formula is C14H24N2O. The smallest absolute Gasteiger partial charge is 0.226 e. The van der Waals surface area contributed by atoms with Gasteiger partial charge in [-0.1, -0.05) is 26.7 Å². The molecule has 2 saturated carbocycles. The molecule has 0 radical (unpaired) electrons. The summed E-state index contributed by atoms with van der Waals surface area (Å²) in [6, 6.07) is 0. The van der Waals surface area contributed by atoms with E-state index in [1.54, 1.807) is 0 Å². The van der Waals surface area contributed by atoms with Crippen molar-refractivity contribution in [3.05, 3.63) is 0 Å². The summed E-state index contributed by atoms with van der Waals surface area (Å²) in [4.78, 5) is 14.3. The molecule has 3 fully saturated rings. The SMILES string of the molecule is CC(C)C1(N)CN(C(=O)C2C3CCCCC32)C1. The van der Waals surface area contributed by atoms with Gasteiger partial charge in [-0.3, -0.25) is 4.79 Å². The third kappa shape index (κ3) is 1.70. The van der Waals surface area contributed by atoms with Gasteiger partial charge in [0.2, 0.25) is 5.91 Å². The number of rotatable bonds is 2. The summed E-state index contributed by atoms with van der Waals surface area (Å²) in [5.41, 5.74) is 6.13. The van der Waals surface area contributed by atoms with Crippen LogP contribution in [0.1, 0.15) is 39.5 Å². The zero-order valence-electron chi connectivity index (χ0n) is 11.0. The number of carbonyl (C=O) groups excluding carboxylic acids is 1. The van der Waals surface area contributed by atoms with Gasteiger partial charge in [-0.25, -0.2) is 0 Å². The molecule has 17 heavy (non-hydrogen) atoms. The number of hydrogen-bond acceptors (Lipinski definition) is 2. The lowest BCUT2D eigenvalue weighted by Gasteiger charge is -2.50. The van der Waals surface area contributed by atoms with Crippen LogP contribution in [0.3, 0.4) is 0 Å². The monoisotopic (exact) mass is 236 g/mol. The lowest BCUT2D eigenvalue weighted by atomic mass is 9.80. The fourth-order valence-corrected chi connectivity index (χ4v) is 3.75. The van der Waals surface area contributed by atoms with Crippen LogP contribution in [0.2, 0.25) is 0 Å². The van der Waals surface area contributed by atoms with Gasteiger partial charge >= 0.3 is 0 Å². The number of amides is 1. The molecule has 2 N–H and O–H groups in total. The molecule has 0 bridgehead atoms. The van der Waals surface area contributed by atoms with Gasteiger partial charge in [0.05, 0.1) is 5.54 Å². The zero-order chi connectivity index (χ0) is 12.2. The van der Waals surface area contributed by atoms with Crippen LogP contribution in [0.15, 0.2) is 0 Å². The van der Waals surface area contributed by atoms with E-state index in [9.17, 15) is 4.79 Å². The Kier molecular flexibility index (Phi) is 2.51. The van der Waals surface area contributed by atoms with Gasteiger partial charge in [0.15, 0.2) is 0 Å². The molecule has 2 unspecified atom stereocenters. The second kappa shape index (κ2) is 3.71. The van der Waals surface area contributed by atoms with E-state index < -0.39 is 0 Å². The van der Waals surface area contributed by atoms with Crippen LogP contribution in [0, 0.1) is 23.7 Å². The van der Waals surface area contributed by atoms with E-state index in [1.165, 1.54) is 25.7 Å². The molecule has 96 valence electrons. The van der Waals surface area contributed by atoms with Crippen LogP contribution in [0.25, 0.3) is 0 Å². The quantitative estimate of drug-likeness (QED) is 0.792. The first-order valence-electron chi connectivity index (χ1n) is 7.10. The Bertz CT molecular complexity index is 321. The van der Waals surface area contributed by atoms with Crippen LogP contribution in [0.4, 0.5) is 0 Å². The number of nitrogens with two attached hydrogens (primary N) is 1. The first kappa shape index (κ1) is 11.5. The van der Waals surface area contributed by atoms with E-state index >= 15 is 0 Å². The normalized spacial score (nSPS) is 38.6. The van der Waals surface area contributed by atoms with Crippen molar-refractivity contribution in [1.29, 1.82) is 0 Å². The highest BCUT2D eigenvalue weighted by Gasteiger charge is 2.58. The second-order valence-electron chi connectivity index (χ2n) is 6.72.